The number of rotatable bonds is 4. The van der Waals surface area contributed by atoms with Gasteiger partial charge in [0, 0.05) is 32.1 Å². The van der Waals surface area contributed by atoms with Crippen molar-refractivity contribution in [1.29, 1.82) is 0 Å². The van der Waals surface area contributed by atoms with Crippen LogP contribution in [-0.2, 0) is 11.2 Å². The molecule has 0 saturated carbocycles. The summed E-state index contributed by atoms with van der Waals surface area (Å²) in [4.78, 5) is 7.38. The molecular formula is C19H27N3OS. The Hall–Kier alpha value is -1.01. The molecular weight excluding hydrogens is 318 g/mol. The number of nitrogens with one attached hydrogen (secondary N) is 1. The summed E-state index contributed by atoms with van der Waals surface area (Å²) in [6, 6.07) is 7.36. The maximum atomic E-state index is 5.42. The molecule has 4 nitrogen and oxygen atoms in total. The fourth-order valence-corrected chi connectivity index (χ4v) is 4.61. The minimum atomic E-state index is 0.504. The van der Waals surface area contributed by atoms with Gasteiger partial charge < -0.3 is 10.1 Å². The monoisotopic (exact) mass is 345 g/mol. The van der Waals surface area contributed by atoms with Crippen molar-refractivity contribution < 1.29 is 4.74 Å². The zero-order valence-electron chi connectivity index (χ0n) is 14.5. The molecule has 1 aromatic carbocycles. The SMILES string of the molecule is C[C@H]1CC[C@H](c2ccc3sc(CCN4CCOCC4)nc3c2)NC1. The third-order valence-corrected chi connectivity index (χ3v) is 6.36. The standard InChI is InChI=1S/C19H27N3OS/c1-14-2-4-16(20-13-14)15-3-5-18-17(12-15)21-19(24-18)6-7-22-8-10-23-11-9-22/h3,5,12,14,16,20H,2,4,6-11,13H2,1H3/t14-,16+/m0/s1. The Morgan fingerprint density at radius 3 is 2.96 bits per heavy atom. The molecule has 0 unspecified atom stereocenters. The third kappa shape index (κ3) is 3.80. The lowest BCUT2D eigenvalue weighted by atomic mass is 9.92. The summed E-state index contributed by atoms with van der Waals surface area (Å²) in [7, 11) is 0. The van der Waals surface area contributed by atoms with Gasteiger partial charge in [-0.1, -0.05) is 13.0 Å². The molecule has 5 heteroatoms. The number of hydrogen-bond donors (Lipinski definition) is 1. The van der Waals surface area contributed by atoms with E-state index in [1.54, 1.807) is 0 Å². The average molecular weight is 346 g/mol. The van der Waals surface area contributed by atoms with Crippen LogP contribution in [0.4, 0.5) is 0 Å². The van der Waals surface area contributed by atoms with Crippen LogP contribution >= 0.6 is 11.3 Å². The molecule has 4 rings (SSSR count). The summed E-state index contributed by atoms with van der Waals surface area (Å²) < 4.78 is 6.74. The first kappa shape index (κ1) is 16.5. The van der Waals surface area contributed by atoms with Crippen LogP contribution in [0.25, 0.3) is 10.2 Å². The van der Waals surface area contributed by atoms with Crippen LogP contribution in [0.15, 0.2) is 18.2 Å². The predicted molar refractivity (Wildman–Crippen MR) is 99.7 cm³/mol. The quantitative estimate of drug-likeness (QED) is 0.923. The van der Waals surface area contributed by atoms with Gasteiger partial charge in [0.25, 0.3) is 0 Å². The van der Waals surface area contributed by atoms with Gasteiger partial charge >= 0.3 is 0 Å². The molecule has 2 aromatic rings. The zero-order chi connectivity index (χ0) is 16.4. The van der Waals surface area contributed by atoms with Gasteiger partial charge in [0.05, 0.1) is 28.4 Å². The van der Waals surface area contributed by atoms with Crippen molar-refractivity contribution in [2.75, 3.05) is 39.4 Å². The Morgan fingerprint density at radius 2 is 2.17 bits per heavy atom. The number of benzene rings is 1. The van der Waals surface area contributed by atoms with Gasteiger partial charge in [-0.05, 0) is 43.0 Å². The van der Waals surface area contributed by atoms with Crippen molar-refractivity contribution in [2.24, 2.45) is 5.92 Å². The van der Waals surface area contributed by atoms with E-state index in [0.717, 1.165) is 51.7 Å². The van der Waals surface area contributed by atoms with Crippen LogP contribution in [0.1, 0.15) is 36.4 Å². The molecule has 2 aliphatic rings. The highest BCUT2D eigenvalue weighted by Gasteiger charge is 2.19. The van der Waals surface area contributed by atoms with E-state index >= 15 is 0 Å². The number of thiazole rings is 1. The van der Waals surface area contributed by atoms with Crippen molar-refractivity contribution in [3.05, 3.63) is 28.8 Å². The second-order valence-electron chi connectivity index (χ2n) is 7.18. The molecule has 0 amide bonds. The summed E-state index contributed by atoms with van der Waals surface area (Å²) in [5.41, 5.74) is 2.58. The van der Waals surface area contributed by atoms with Crippen LogP contribution in [-0.4, -0.2) is 49.3 Å². The largest absolute Gasteiger partial charge is 0.379 e. The minimum Gasteiger partial charge on any atom is -0.379 e. The summed E-state index contributed by atoms with van der Waals surface area (Å²) >= 11 is 1.85. The van der Waals surface area contributed by atoms with Crippen molar-refractivity contribution in [2.45, 2.75) is 32.2 Å². The highest BCUT2D eigenvalue weighted by atomic mass is 32.1. The van der Waals surface area contributed by atoms with Crippen molar-refractivity contribution >= 4 is 21.6 Å². The fourth-order valence-electron chi connectivity index (χ4n) is 3.68. The lowest BCUT2D eigenvalue weighted by molar-refractivity contribution is 0.0384. The molecule has 2 atom stereocenters. The van der Waals surface area contributed by atoms with Gasteiger partial charge in [-0.2, -0.15) is 0 Å². The first-order chi connectivity index (χ1) is 11.8. The maximum absolute atomic E-state index is 5.42. The summed E-state index contributed by atoms with van der Waals surface area (Å²) in [5, 5.41) is 4.94. The zero-order valence-corrected chi connectivity index (χ0v) is 15.3. The predicted octanol–water partition coefficient (Wildman–Crippen LogP) is 3.23. The van der Waals surface area contributed by atoms with Crippen molar-refractivity contribution in [3.8, 4) is 0 Å². The lowest BCUT2D eigenvalue weighted by Crippen LogP contribution is -2.37. The number of fused-ring (bicyclic) bond motifs is 1. The van der Waals surface area contributed by atoms with Gasteiger partial charge in [-0.25, -0.2) is 4.98 Å². The summed E-state index contributed by atoms with van der Waals surface area (Å²) in [6.45, 7) is 8.41. The number of morpholine rings is 1. The summed E-state index contributed by atoms with van der Waals surface area (Å²) in [6.07, 6.45) is 3.60. The Labute approximate surface area is 148 Å². The molecule has 24 heavy (non-hydrogen) atoms. The molecule has 0 aliphatic carbocycles. The highest BCUT2D eigenvalue weighted by Crippen LogP contribution is 2.30. The molecule has 2 saturated heterocycles. The second kappa shape index (κ2) is 7.48. The van der Waals surface area contributed by atoms with Crippen molar-refractivity contribution in [1.82, 2.24) is 15.2 Å². The van der Waals surface area contributed by atoms with Crippen molar-refractivity contribution in [3.63, 3.8) is 0 Å². The normalized spacial score (nSPS) is 26.0. The number of aromatic nitrogens is 1. The van der Waals surface area contributed by atoms with E-state index in [1.165, 1.54) is 33.6 Å². The number of hydrogen-bond acceptors (Lipinski definition) is 5. The molecule has 2 fully saturated rings. The minimum absolute atomic E-state index is 0.504. The van der Waals surface area contributed by atoms with E-state index in [4.69, 9.17) is 9.72 Å². The van der Waals surface area contributed by atoms with E-state index in [-0.39, 0.29) is 0 Å². The maximum Gasteiger partial charge on any atom is 0.0951 e. The van der Waals surface area contributed by atoms with Gasteiger partial charge in [0.1, 0.15) is 0 Å². The van der Waals surface area contributed by atoms with Crippen LogP contribution in [0, 0.1) is 5.92 Å². The molecule has 0 spiro atoms. The number of nitrogens with zero attached hydrogens (tertiary/aromatic N) is 2. The fraction of sp³-hybridized carbons (Fsp3) is 0.632. The molecule has 3 heterocycles. The highest BCUT2D eigenvalue weighted by molar-refractivity contribution is 7.18. The smallest absolute Gasteiger partial charge is 0.0951 e. The number of ether oxygens (including phenoxy) is 1. The molecule has 0 radical (unpaired) electrons. The van der Waals surface area contributed by atoms with Crippen LogP contribution in [0.3, 0.4) is 0 Å². The Balaban J connectivity index is 1.43. The third-order valence-electron chi connectivity index (χ3n) is 5.26. The molecule has 0 bridgehead atoms. The van der Waals surface area contributed by atoms with E-state index in [9.17, 15) is 0 Å². The topological polar surface area (TPSA) is 37.4 Å². The Bertz CT molecular complexity index is 672. The molecule has 2 aliphatic heterocycles. The van der Waals surface area contributed by atoms with Gasteiger partial charge in [-0.15, -0.1) is 11.3 Å². The van der Waals surface area contributed by atoms with E-state index < -0.39 is 0 Å². The van der Waals surface area contributed by atoms with E-state index in [0.29, 0.717) is 6.04 Å². The molecule has 1 aromatic heterocycles. The lowest BCUT2D eigenvalue weighted by Gasteiger charge is -2.28. The van der Waals surface area contributed by atoms with E-state index in [1.807, 2.05) is 11.3 Å². The van der Waals surface area contributed by atoms with Crippen LogP contribution in [0.5, 0.6) is 0 Å². The van der Waals surface area contributed by atoms with Crippen LogP contribution in [0.2, 0.25) is 0 Å². The van der Waals surface area contributed by atoms with Gasteiger partial charge in [0.15, 0.2) is 0 Å². The Kier molecular flexibility index (Phi) is 5.13. The molecule has 1 N–H and O–H groups in total. The summed E-state index contributed by atoms with van der Waals surface area (Å²) in [5.74, 6) is 0.802. The first-order valence-electron chi connectivity index (χ1n) is 9.21. The Morgan fingerprint density at radius 1 is 1.29 bits per heavy atom. The second-order valence-corrected chi connectivity index (χ2v) is 8.30. The number of piperidine rings is 1. The molecule has 130 valence electrons. The van der Waals surface area contributed by atoms with Crippen LogP contribution < -0.4 is 5.32 Å². The first-order valence-corrected chi connectivity index (χ1v) is 10.0. The van der Waals surface area contributed by atoms with Gasteiger partial charge in [0.2, 0.25) is 0 Å². The average Bonchev–Trinajstić information content (AvgIpc) is 3.03. The van der Waals surface area contributed by atoms with Gasteiger partial charge in [-0.3, -0.25) is 4.90 Å². The van der Waals surface area contributed by atoms with E-state index in [2.05, 4.69) is 35.3 Å².